The van der Waals surface area contributed by atoms with Gasteiger partial charge in [-0.25, -0.2) is 0 Å². The lowest BCUT2D eigenvalue weighted by molar-refractivity contribution is 0.562. The van der Waals surface area contributed by atoms with Crippen molar-refractivity contribution in [3.8, 4) is 0 Å². The average molecular weight is 182 g/mol. The number of benzene rings is 1. The highest BCUT2D eigenvalue weighted by Gasteiger charge is 1.99. The molecule has 2 heteroatoms. The van der Waals surface area contributed by atoms with Crippen LogP contribution in [0.15, 0.2) is 24.3 Å². The topological polar surface area (TPSA) is 17.1 Å². The third-order valence-electron chi connectivity index (χ3n) is 1.71. The molecule has 1 nitrogen and oxygen atoms in total. The van der Waals surface area contributed by atoms with E-state index in [0.29, 0.717) is 11.4 Å². The third kappa shape index (κ3) is 2.35. The number of alkyl halides is 1. The standard InChI is InChI=1S/C10H10ClO/c11-7-3-6-9-4-1-2-5-10(9)8-12/h1-2,4-5H,3,6-7H2. The SMILES string of the molecule is O=[C]c1ccccc1CCCCl. The first-order valence-electron chi connectivity index (χ1n) is 3.90. The molecule has 0 fully saturated rings. The van der Waals surface area contributed by atoms with Crippen LogP contribution in [0.4, 0.5) is 0 Å². The lowest BCUT2D eigenvalue weighted by Gasteiger charge is -2.00. The molecule has 0 N–H and O–H groups in total. The largest absolute Gasteiger partial charge is 0.285 e. The van der Waals surface area contributed by atoms with Crippen molar-refractivity contribution in [3.05, 3.63) is 35.4 Å². The van der Waals surface area contributed by atoms with Crippen molar-refractivity contribution in [1.82, 2.24) is 0 Å². The van der Waals surface area contributed by atoms with Crippen LogP contribution in [-0.4, -0.2) is 12.2 Å². The molecule has 0 atom stereocenters. The van der Waals surface area contributed by atoms with E-state index in [1.165, 1.54) is 0 Å². The van der Waals surface area contributed by atoms with Crippen LogP contribution < -0.4 is 0 Å². The molecular formula is C10H10ClO. The highest BCUT2D eigenvalue weighted by molar-refractivity contribution is 6.17. The van der Waals surface area contributed by atoms with E-state index in [9.17, 15) is 4.79 Å². The molecule has 0 bridgehead atoms. The summed E-state index contributed by atoms with van der Waals surface area (Å²) >= 11 is 5.55. The van der Waals surface area contributed by atoms with E-state index in [2.05, 4.69) is 0 Å². The predicted molar refractivity (Wildman–Crippen MR) is 50.3 cm³/mol. The quantitative estimate of drug-likeness (QED) is 0.652. The van der Waals surface area contributed by atoms with Gasteiger partial charge in [-0.3, -0.25) is 4.79 Å². The molecule has 0 aliphatic carbocycles. The summed E-state index contributed by atoms with van der Waals surface area (Å²) in [6, 6.07) is 7.47. The Morgan fingerprint density at radius 3 is 2.75 bits per heavy atom. The van der Waals surface area contributed by atoms with Crippen LogP contribution in [0.1, 0.15) is 17.5 Å². The molecule has 12 heavy (non-hydrogen) atoms. The minimum absolute atomic E-state index is 0.632. The maximum atomic E-state index is 10.4. The smallest absolute Gasteiger partial charge is 0.233 e. The van der Waals surface area contributed by atoms with Crippen LogP contribution in [-0.2, 0) is 11.2 Å². The van der Waals surface area contributed by atoms with Crippen molar-refractivity contribution in [2.24, 2.45) is 0 Å². The molecule has 0 saturated carbocycles. The van der Waals surface area contributed by atoms with E-state index >= 15 is 0 Å². The Labute approximate surface area is 77.4 Å². The van der Waals surface area contributed by atoms with Crippen LogP contribution in [0.25, 0.3) is 0 Å². The fourth-order valence-electron chi connectivity index (χ4n) is 1.10. The van der Waals surface area contributed by atoms with E-state index < -0.39 is 0 Å². The summed E-state index contributed by atoms with van der Waals surface area (Å²) in [7, 11) is 0. The molecule has 1 rings (SSSR count). The summed E-state index contributed by atoms with van der Waals surface area (Å²) in [5, 5.41) is 0. The third-order valence-corrected chi connectivity index (χ3v) is 1.97. The molecule has 1 aromatic rings. The van der Waals surface area contributed by atoms with Gasteiger partial charge in [0.2, 0.25) is 6.29 Å². The van der Waals surface area contributed by atoms with E-state index in [1.54, 1.807) is 6.07 Å². The lowest BCUT2D eigenvalue weighted by atomic mass is 10.0. The monoisotopic (exact) mass is 181 g/mol. The lowest BCUT2D eigenvalue weighted by Crippen LogP contribution is -1.92. The Morgan fingerprint density at radius 1 is 1.33 bits per heavy atom. The number of halogens is 1. The minimum Gasteiger partial charge on any atom is -0.285 e. The highest BCUT2D eigenvalue weighted by Crippen LogP contribution is 2.08. The molecule has 0 heterocycles. The maximum absolute atomic E-state index is 10.4. The predicted octanol–water partition coefficient (Wildman–Crippen LogP) is 2.32. The van der Waals surface area contributed by atoms with Gasteiger partial charge < -0.3 is 0 Å². The zero-order chi connectivity index (χ0) is 8.81. The van der Waals surface area contributed by atoms with Gasteiger partial charge in [0.1, 0.15) is 0 Å². The first-order valence-corrected chi connectivity index (χ1v) is 4.44. The molecule has 0 aromatic heterocycles. The number of rotatable bonds is 4. The molecule has 0 amide bonds. The van der Waals surface area contributed by atoms with Gasteiger partial charge >= 0.3 is 0 Å². The van der Waals surface area contributed by atoms with Crippen LogP contribution in [0, 0.1) is 0 Å². The summed E-state index contributed by atoms with van der Waals surface area (Å²) in [6.45, 7) is 0. The molecule has 0 aliphatic rings. The van der Waals surface area contributed by atoms with Crippen molar-refractivity contribution >= 4 is 17.9 Å². The molecule has 0 aliphatic heterocycles. The molecule has 0 unspecified atom stereocenters. The van der Waals surface area contributed by atoms with Gasteiger partial charge in [-0.2, -0.15) is 0 Å². The van der Waals surface area contributed by atoms with Gasteiger partial charge in [-0.05, 0) is 18.4 Å². The Hall–Kier alpha value is -0.820. The Morgan fingerprint density at radius 2 is 2.08 bits per heavy atom. The first-order chi connectivity index (χ1) is 5.88. The van der Waals surface area contributed by atoms with Gasteiger partial charge in [-0.1, -0.05) is 24.3 Å². The van der Waals surface area contributed by atoms with Gasteiger partial charge in [0.25, 0.3) is 0 Å². The van der Waals surface area contributed by atoms with Gasteiger partial charge in [0.15, 0.2) is 0 Å². The second-order valence-corrected chi connectivity index (χ2v) is 2.93. The van der Waals surface area contributed by atoms with Crippen LogP contribution in [0.3, 0.4) is 0 Å². The Kier molecular flexibility index (Phi) is 3.81. The Bertz CT molecular complexity index is 258. The summed E-state index contributed by atoms with van der Waals surface area (Å²) in [5.74, 6) is 0.632. The first kappa shape index (κ1) is 9.27. The molecule has 1 radical (unpaired) electrons. The zero-order valence-electron chi connectivity index (χ0n) is 6.72. The van der Waals surface area contributed by atoms with Gasteiger partial charge in [-0.15, -0.1) is 11.6 Å². The molecule has 63 valence electrons. The van der Waals surface area contributed by atoms with E-state index in [-0.39, 0.29) is 0 Å². The van der Waals surface area contributed by atoms with E-state index in [0.717, 1.165) is 18.4 Å². The number of hydrogen-bond donors (Lipinski definition) is 0. The second-order valence-electron chi connectivity index (χ2n) is 2.55. The number of hydrogen-bond acceptors (Lipinski definition) is 1. The van der Waals surface area contributed by atoms with Crippen molar-refractivity contribution in [3.63, 3.8) is 0 Å². The second kappa shape index (κ2) is 4.94. The molecule has 1 aromatic carbocycles. The molecule has 0 saturated heterocycles. The van der Waals surface area contributed by atoms with Gasteiger partial charge in [0, 0.05) is 11.4 Å². The molecule has 0 spiro atoms. The van der Waals surface area contributed by atoms with Crippen molar-refractivity contribution in [2.75, 3.05) is 5.88 Å². The van der Waals surface area contributed by atoms with Gasteiger partial charge in [0.05, 0.1) is 0 Å². The Balaban J connectivity index is 2.75. The normalized spacial score (nSPS) is 9.75. The summed E-state index contributed by atoms with van der Waals surface area (Å²) in [5.41, 5.74) is 1.69. The van der Waals surface area contributed by atoms with Crippen LogP contribution in [0.2, 0.25) is 0 Å². The maximum Gasteiger partial charge on any atom is 0.233 e. The zero-order valence-corrected chi connectivity index (χ0v) is 7.47. The fraction of sp³-hybridized carbons (Fsp3) is 0.300. The average Bonchev–Trinajstić information content (AvgIpc) is 2.15. The fourth-order valence-corrected chi connectivity index (χ4v) is 1.23. The summed E-state index contributed by atoms with van der Waals surface area (Å²) in [4.78, 5) is 10.4. The summed E-state index contributed by atoms with van der Waals surface area (Å²) in [6.07, 6.45) is 3.67. The van der Waals surface area contributed by atoms with Crippen molar-refractivity contribution in [2.45, 2.75) is 12.8 Å². The highest BCUT2D eigenvalue weighted by atomic mass is 35.5. The van der Waals surface area contributed by atoms with Crippen molar-refractivity contribution < 1.29 is 4.79 Å². The van der Waals surface area contributed by atoms with Crippen molar-refractivity contribution in [1.29, 1.82) is 0 Å². The van der Waals surface area contributed by atoms with Crippen LogP contribution >= 0.6 is 11.6 Å². The van der Waals surface area contributed by atoms with E-state index in [1.807, 2.05) is 24.5 Å². The number of carbonyl (C=O) groups excluding carboxylic acids is 1. The van der Waals surface area contributed by atoms with Crippen LogP contribution in [0.5, 0.6) is 0 Å². The minimum atomic E-state index is 0.632. The number of aryl methyl sites for hydroxylation is 1. The van der Waals surface area contributed by atoms with E-state index in [4.69, 9.17) is 11.6 Å². The summed E-state index contributed by atoms with van der Waals surface area (Å²) < 4.78 is 0. The molecular weight excluding hydrogens is 172 g/mol.